The second-order valence-corrected chi connectivity index (χ2v) is 10.5. The molecule has 1 atom stereocenters. The van der Waals surface area contributed by atoms with Crippen molar-refractivity contribution in [3.05, 3.63) is 64.2 Å². The molecule has 1 amide bonds. The van der Waals surface area contributed by atoms with Gasteiger partial charge in [0.25, 0.3) is 0 Å². The van der Waals surface area contributed by atoms with Crippen molar-refractivity contribution in [3.63, 3.8) is 0 Å². The zero-order chi connectivity index (χ0) is 22.6. The number of amides is 1. The lowest BCUT2D eigenvalue weighted by molar-refractivity contribution is -0.122. The van der Waals surface area contributed by atoms with Crippen molar-refractivity contribution in [2.45, 2.75) is 45.8 Å². The normalized spacial score (nSPS) is 15.6. The fourth-order valence-corrected chi connectivity index (χ4v) is 5.37. The van der Waals surface area contributed by atoms with Crippen LogP contribution >= 0.6 is 11.6 Å². The van der Waals surface area contributed by atoms with Gasteiger partial charge in [-0.1, -0.05) is 41.9 Å². The van der Waals surface area contributed by atoms with E-state index >= 15 is 0 Å². The summed E-state index contributed by atoms with van der Waals surface area (Å²) in [6.07, 6.45) is 3.59. The molecule has 168 valence electrons. The largest absolute Gasteiger partial charge is 0.350 e. The van der Waals surface area contributed by atoms with Crippen LogP contribution in [0.1, 0.15) is 36.5 Å². The second-order valence-electron chi connectivity index (χ2n) is 8.19. The lowest BCUT2D eigenvalue weighted by Crippen LogP contribution is -2.48. The minimum absolute atomic E-state index is 0.336. The Morgan fingerprint density at radius 2 is 1.84 bits per heavy atom. The highest BCUT2D eigenvalue weighted by atomic mass is 35.5. The molecule has 0 radical (unpaired) electrons. The molecule has 1 saturated heterocycles. The highest BCUT2D eigenvalue weighted by Crippen LogP contribution is 2.28. The Morgan fingerprint density at radius 3 is 2.52 bits per heavy atom. The van der Waals surface area contributed by atoms with Crippen LogP contribution in [0.25, 0.3) is 0 Å². The van der Waals surface area contributed by atoms with E-state index < -0.39 is 16.1 Å². The van der Waals surface area contributed by atoms with Gasteiger partial charge < -0.3 is 5.32 Å². The number of aryl methyl sites for hydroxylation is 1. The summed E-state index contributed by atoms with van der Waals surface area (Å²) in [5.41, 5.74) is 3.34. The van der Waals surface area contributed by atoms with E-state index in [1.165, 1.54) is 18.4 Å². The monoisotopic (exact) mass is 463 g/mol. The van der Waals surface area contributed by atoms with E-state index in [1.54, 1.807) is 32.0 Å². The lowest BCUT2D eigenvalue weighted by Gasteiger charge is -2.29. The molecule has 0 aromatic heterocycles. The molecule has 1 N–H and O–H groups in total. The van der Waals surface area contributed by atoms with Crippen molar-refractivity contribution in [2.75, 3.05) is 23.7 Å². The Balaban J connectivity index is 1.70. The van der Waals surface area contributed by atoms with Gasteiger partial charge >= 0.3 is 0 Å². The molecule has 8 heteroatoms. The van der Waals surface area contributed by atoms with Crippen LogP contribution < -0.4 is 9.62 Å². The van der Waals surface area contributed by atoms with E-state index in [2.05, 4.69) is 22.3 Å². The van der Waals surface area contributed by atoms with Crippen molar-refractivity contribution in [1.29, 1.82) is 0 Å². The highest BCUT2D eigenvalue weighted by Gasteiger charge is 2.30. The molecule has 0 spiro atoms. The lowest BCUT2D eigenvalue weighted by atomic mass is 10.1. The van der Waals surface area contributed by atoms with E-state index in [4.69, 9.17) is 11.6 Å². The van der Waals surface area contributed by atoms with Gasteiger partial charge in [-0.2, -0.15) is 0 Å². The number of anilines is 1. The van der Waals surface area contributed by atoms with Crippen molar-refractivity contribution in [2.24, 2.45) is 0 Å². The second kappa shape index (κ2) is 10.0. The van der Waals surface area contributed by atoms with E-state index in [0.29, 0.717) is 17.3 Å². The van der Waals surface area contributed by atoms with Gasteiger partial charge in [0.05, 0.1) is 11.9 Å². The number of rotatable bonds is 8. The van der Waals surface area contributed by atoms with Crippen molar-refractivity contribution in [3.8, 4) is 0 Å². The molecule has 2 aromatic carbocycles. The average Bonchev–Trinajstić information content (AvgIpc) is 3.21. The van der Waals surface area contributed by atoms with E-state index in [9.17, 15) is 13.2 Å². The molecule has 2 aromatic rings. The number of likely N-dealkylation sites (tertiary alicyclic amines) is 1. The Bertz CT molecular complexity index is 1040. The van der Waals surface area contributed by atoms with Crippen LogP contribution in [0.4, 0.5) is 5.69 Å². The summed E-state index contributed by atoms with van der Waals surface area (Å²) in [5, 5.41) is 3.30. The number of carbonyl (C=O) groups excluding carboxylic acids is 1. The van der Waals surface area contributed by atoms with Crippen LogP contribution in [0.3, 0.4) is 0 Å². The van der Waals surface area contributed by atoms with Crippen LogP contribution in [0.5, 0.6) is 0 Å². The highest BCUT2D eigenvalue weighted by molar-refractivity contribution is 7.92. The Labute approximate surface area is 190 Å². The number of hydrogen-bond acceptors (Lipinski definition) is 4. The van der Waals surface area contributed by atoms with Crippen LogP contribution in [0.15, 0.2) is 42.5 Å². The average molecular weight is 464 g/mol. The summed E-state index contributed by atoms with van der Waals surface area (Å²) in [7, 11) is -3.70. The molecule has 3 rings (SSSR count). The van der Waals surface area contributed by atoms with Crippen molar-refractivity contribution < 1.29 is 13.2 Å². The molecule has 0 bridgehead atoms. The first kappa shape index (κ1) is 23.6. The summed E-state index contributed by atoms with van der Waals surface area (Å²) in [5.74, 6) is -0.366. The van der Waals surface area contributed by atoms with Crippen molar-refractivity contribution in [1.82, 2.24) is 10.2 Å². The van der Waals surface area contributed by atoms with Crippen LogP contribution in [0.2, 0.25) is 5.02 Å². The molecule has 1 heterocycles. The molecule has 1 fully saturated rings. The van der Waals surface area contributed by atoms with E-state index in [-0.39, 0.29) is 5.91 Å². The zero-order valence-electron chi connectivity index (χ0n) is 18.3. The summed E-state index contributed by atoms with van der Waals surface area (Å²) < 4.78 is 26.2. The van der Waals surface area contributed by atoms with Gasteiger partial charge in [0.2, 0.25) is 15.9 Å². The SMILES string of the molecule is Cc1ccc(Cl)cc1N([C@H](C)C(=O)NCc1cccc(CN2CCCC2)c1)S(C)(=O)=O. The number of carbonyl (C=O) groups is 1. The quantitative estimate of drug-likeness (QED) is 0.647. The van der Waals surface area contributed by atoms with Gasteiger partial charge in [0.15, 0.2) is 0 Å². The first-order chi connectivity index (χ1) is 14.6. The van der Waals surface area contributed by atoms with Gasteiger partial charge in [0, 0.05) is 18.1 Å². The van der Waals surface area contributed by atoms with Gasteiger partial charge in [0.1, 0.15) is 6.04 Å². The predicted octanol–water partition coefficient (Wildman–Crippen LogP) is 3.72. The Morgan fingerprint density at radius 1 is 1.16 bits per heavy atom. The Hall–Kier alpha value is -2.09. The summed E-state index contributed by atoms with van der Waals surface area (Å²) in [6.45, 7) is 6.88. The maximum absolute atomic E-state index is 12.9. The third-order valence-corrected chi connectivity index (χ3v) is 7.02. The van der Waals surface area contributed by atoms with Crippen LogP contribution in [0, 0.1) is 6.92 Å². The van der Waals surface area contributed by atoms with Gasteiger partial charge in [-0.25, -0.2) is 8.42 Å². The van der Waals surface area contributed by atoms with E-state index in [0.717, 1.165) is 41.3 Å². The molecular formula is C23H30ClN3O3S. The number of benzene rings is 2. The van der Waals surface area contributed by atoms with Crippen LogP contribution in [-0.4, -0.2) is 44.6 Å². The van der Waals surface area contributed by atoms with E-state index in [1.807, 2.05) is 12.1 Å². The minimum atomic E-state index is -3.70. The Kier molecular flexibility index (Phi) is 7.62. The van der Waals surface area contributed by atoms with Crippen molar-refractivity contribution >= 4 is 33.2 Å². The smallest absolute Gasteiger partial charge is 0.243 e. The van der Waals surface area contributed by atoms with Gasteiger partial charge in [-0.3, -0.25) is 14.0 Å². The van der Waals surface area contributed by atoms with Gasteiger partial charge in [-0.15, -0.1) is 0 Å². The molecule has 0 aliphatic carbocycles. The number of sulfonamides is 1. The first-order valence-corrected chi connectivity index (χ1v) is 12.7. The number of hydrogen-bond donors (Lipinski definition) is 1. The molecule has 0 unspecified atom stereocenters. The third-order valence-electron chi connectivity index (χ3n) is 5.56. The third kappa shape index (κ3) is 6.21. The zero-order valence-corrected chi connectivity index (χ0v) is 19.8. The first-order valence-electron chi connectivity index (χ1n) is 10.5. The molecule has 31 heavy (non-hydrogen) atoms. The van der Waals surface area contributed by atoms with Crippen LogP contribution in [-0.2, 0) is 27.9 Å². The maximum Gasteiger partial charge on any atom is 0.243 e. The standard InChI is InChI=1S/C23H30ClN3O3S/c1-17-9-10-21(24)14-22(17)27(31(3,29)30)18(2)23(28)25-15-19-7-6-8-20(13-19)16-26-11-4-5-12-26/h6-10,13-14,18H,4-5,11-12,15-16H2,1-3H3,(H,25,28)/t18-/m1/s1. The minimum Gasteiger partial charge on any atom is -0.350 e. The molecule has 0 saturated carbocycles. The topological polar surface area (TPSA) is 69.7 Å². The molecular weight excluding hydrogens is 434 g/mol. The number of nitrogens with zero attached hydrogens (tertiary/aromatic N) is 2. The predicted molar refractivity (Wildman–Crippen MR) is 126 cm³/mol. The van der Waals surface area contributed by atoms with Gasteiger partial charge in [-0.05, 0) is 68.6 Å². The fourth-order valence-electron chi connectivity index (χ4n) is 3.97. The number of nitrogens with one attached hydrogen (secondary N) is 1. The molecule has 1 aliphatic rings. The number of halogens is 1. The summed E-state index contributed by atoms with van der Waals surface area (Å²) >= 11 is 6.09. The fraction of sp³-hybridized carbons (Fsp3) is 0.435. The summed E-state index contributed by atoms with van der Waals surface area (Å²) in [4.78, 5) is 15.3. The maximum atomic E-state index is 12.9. The molecule has 1 aliphatic heterocycles. The summed E-state index contributed by atoms with van der Waals surface area (Å²) in [6, 6.07) is 12.2. The molecule has 6 nitrogen and oxygen atoms in total.